The number of aryl methyl sites for hydroxylation is 1. The number of aromatic nitrogens is 6. The van der Waals surface area contributed by atoms with Crippen LogP contribution in [-0.2, 0) is 13.7 Å². The molecule has 0 saturated carbocycles. The van der Waals surface area contributed by atoms with E-state index in [-0.39, 0.29) is 11.4 Å². The average Bonchev–Trinajstić information content (AvgIpc) is 3.26. The lowest BCUT2D eigenvalue weighted by Crippen LogP contribution is -2.04. The van der Waals surface area contributed by atoms with E-state index in [2.05, 4.69) is 31.0 Å². The van der Waals surface area contributed by atoms with Crippen LogP contribution in [0.3, 0.4) is 0 Å². The minimum Gasteiger partial charge on any atom is -0.485 e. The van der Waals surface area contributed by atoms with Gasteiger partial charge in [0.05, 0.1) is 11.4 Å². The average molecular weight is 322 g/mol. The number of para-hydroxylation sites is 2. The second-order valence-electron chi connectivity index (χ2n) is 4.78. The van der Waals surface area contributed by atoms with E-state index in [9.17, 15) is 5.26 Å². The summed E-state index contributed by atoms with van der Waals surface area (Å²) < 4.78 is 7.58. The number of H-pyrrole nitrogens is 1. The molecule has 0 radical (unpaired) electrons. The molecule has 9 heteroatoms. The van der Waals surface area contributed by atoms with Gasteiger partial charge in [-0.05, 0) is 23.4 Å². The normalized spacial score (nSPS) is 11.1. The molecule has 0 unspecified atom stereocenters. The maximum Gasteiger partial charge on any atom is 0.216 e. The van der Waals surface area contributed by atoms with Crippen molar-refractivity contribution in [1.29, 1.82) is 5.26 Å². The topological polar surface area (TPSA) is 117 Å². The summed E-state index contributed by atoms with van der Waals surface area (Å²) in [6.07, 6.45) is 3.23. The fourth-order valence-electron chi connectivity index (χ4n) is 1.98. The summed E-state index contributed by atoms with van der Waals surface area (Å²) in [6.45, 7) is 0.384. The van der Waals surface area contributed by atoms with Crippen molar-refractivity contribution >= 4 is 11.3 Å². The third-order valence-corrected chi connectivity index (χ3v) is 3.26. The van der Waals surface area contributed by atoms with Crippen molar-refractivity contribution in [3.63, 3.8) is 0 Å². The Morgan fingerprint density at radius 2 is 2.29 bits per heavy atom. The van der Waals surface area contributed by atoms with Crippen LogP contribution in [0.1, 0.15) is 11.5 Å². The predicted octanol–water partition coefficient (Wildman–Crippen LogP) is 1.49. The fraction of sp³-hybridized carbons (Fsp3) is 0.133. The third kappa shape index (κ3) is 3.38. The molecule has 0 aliphatic heterocycles. The zero-order valence-corrected chi connectivity index (χ0v) is 12.8. The summed E-state index contributed by atoms with van der Waals surface area (Å²) in [5.74, 6) is 0.874. The van der Waals surface area contributed by atoms with Crippen LogP contribution in [0, 0.1) is 11.3 Å². The first-order valence-corrected chi connectivity index (χ1v) is 7.07. The number of tetrazole rings is 1. The summed E-state index contributed by atoms with van der Waals surface area (Å²) in [5.41, 5.74) is 1.92. The van der Waals surface area contributed by atoms with Crippen LogP contribution in [0.5, 0.6) is 5.75 Å². The summed E-state index contributed by atoms with van der Waals surface area (Å²) >= 11 is 0. The molecule has 2 N–H and O–H groups in total. The van der Waals surface area contributed by atoms with Crippen molar-refractivity contribution in [2.45, 2.75) is 6.61 Å². The van der Waals surface area contributed by atoms with Gasteiger partial charge in [-0.15, -0.1) is 10.2 Å². The zero-order valence-electron chi connectivity index (χ0n) is 12.8. The number of rotatable bonds is 6. The number of hydrogen-bond donors (Lipinski definition) is 2. The number of ether oxygens (including phenoxy) is 1. The predicted molar refractivity (Wildman–Crippen MR) is 85.4 cm³/mol. The van der Waals surface area contributed by atoms with E-state index in [1.54, 1.807) is 10.9 Å². The second-order valence-corrected chi connectivity index (χ2v) is 4.78. The van der Waals surface area contributed by atoms with Gasteiger partial charge in [-0.3, -0.25) is 4.68 Å². The molecule has 0 amide bonds. The lowest BCUT2D eigenvalue weighted by atomic mass is 10.2. The molecule has 0 bridgehead atoms. The van der Waals surface area contributed by atoms with E-state index >= 15 is 0 Å². The Kier molecular flexibility index (Phi) is 4.48. The summed E-state index contributed by atoms with van der Waals surface area (Å²) in [5, 5.41) is 29.6. The van der Waals surface area contributed by atoms with Gasteiger partial charge in [-0.25, -0.2) is 0 Å². The standard InChI is InChI=1S/C15H14N8O/c1-23-12(6-7-18-23)10-24-14-5-3-2-4-13(14)17-9-11(8-16)15-19-21-22-20-15/h2-7,9,17H,10H2,1H3,(H,19,20,21,22). The van der Waals surface area contributed by atoms with E-state index in [1.807, 2.05) is 43.4 Å². The van der Waals surface area contributed by atoms with Crippen molar-refractivity contribution in [3.05, 3.63) is 54.2 Å². The van der Waals surface area contributed by atoms with Gasteiger partial charge in [0, 0.05) is 19.4 Å². The van der Waals surface area contributed by atoms with Crippen molar-refractivity contribution in [2.75, 3.05) is 5.32 Å². The number of anilines is 1. The largest absolute Gasteiger partial charge is 0.485 e. The van der Waals surface area contributed by atoms with Crippen LogP contribution in [-0.4, -0.2) is 30.4 Å². The number of benzene rings is 1. The molecule has 0 aliphatic carbocycles. The molecule has 0 fully saturated rings. The van der Waals surface area contributed by atoms with E-state index < -0.39 is 0 Å². The van der Waals surface area contributed by atoms with Crippen LogP contribution in [0.15, 0.2) is 42.7 Å². The minimum absolute atomic E-state index is 0.221. The van der Waals surface area contributed by atoms with Gasteiger partial charge in [0.25, 0.3) is 0 Å². The number of nitrogens with one attached hydrogen (secondary N) is 2. The van der Waals surface area contributed by atoms with Crippen LogP contribution in [0.25, 0.3) is 5.57 Å². The van der Waals surface area contributed by atoms with Gasteiger partial charge in [-0.1, -0.05) is 12.1 Å². The molecule has 3 aromatic rings. The lowest BCUT2D eigenvalue weighted by Gasteiger charge is -2.11. The highest BCUT2D eigenvalue weighted by Gasteiger charge is 2.08. The summed E-state index contributed by atoms with van der Waals surface area (Å²) in [7, 11) is 1.86. The van der Waals surface area contributed by atoms with Gasteiger partial charge in [0.15, 0.2) is 0 Å². The van der Waals surface area contributed by atoms with Gasteiger partial charge in [0.2, 0.25) is 5.82 Å². The first-order chi connectivity index (χ1) is 11.8. The van der Waals surface area contributed by atoms with Crippen LogP contribution >= 0.6 is 0 Å². The number of nitrogens with zero attached hydrogens (tertiary/aromatic N) is 6. The van der Waals surface area contributed by atoms with Crippen molar-refractivity contribution in [2.24, 2.45) is 7.05 Å². The SMILES string of the molecule is Cn1nccc1COc1ccccc1NC=C(C#N)c1nn[nH]n1. The highest BCUT2D eigenvalue weighted by atomic mass is 16.5. The molecule has 0 atom stereocenters. The number of nitriles is 1. The molecule has 0 aliphatic rings. The summed E-state index contributed by atoms with van der Waals surface area (Å²) in [6, 6.07) is 11.3. The highest BCUT2D eigenvalue weighted by Crippen LogP contribution is 2.25. The van der Waals surface area contributed by atoms with Crippen molar-refractivity contribution < 1.29 is 4.74 Å². The van der Waals surface area contributed by atoms with Gasteiger partial charge in [0.1, 0.15) is 24.0 Å². The maximum atomic E-state index is 9.18. The van der Waals surface area contributed by atoms with Crippen LogP contribution in [0.2, 0.25) is 0 Å². The maximum absolute atomic E-state index is 9.18. The third-order valence-electron chi connectivity index (χ3n) is 3.26. The highest BCUT2D eigenvalue weighted by molar-refractivity contribution is 5.74. The number of allylic oxidation sites excluding steroid dienone is 1. The molecule has 120 valence electrons. The van der Waals surface area contributed by atoms with Gasteiger partial charge >= 0.3 is 0 Å². The van der Waals surface area contributed by atoms with E-state index in [0.717, 1.165) is 11.4 Å². The Balaban J connectivity index is 1.74. The fourth-order valence-corrected chi connectivity index (χ4v) is 1.98. The smallest absolute Gasteiger partial charge is 0.216 e. The molecular weight excluding hydrogens is 308 g/mol. The van der Waals surface area contributed by atoms with Gasteiger partial charge < -0.3 is 10.1 Å². The second kappa shape index (κ2) is 7.06. The molecule has 3 rings (SSSR count). The van der Waals surface area contributed by atoms with Crippen LogP contribution < -0.4 is 10.1 Å². The Morgan fingerprint density at radius 1 is 1.42 bits per heavy atom. The minimum atomic E-state index is 0.221. The van der Waals surface area contributed by atoms with Crippen molar-refractivity contribution in [1.82, 2.24) is 30.4 Å². The van der Waals surface area contributed by atoms with E-state index in [4.69, 9.17) is 4.74 Å². The number of aromatic amines is 1. The Morgan fingerprint density at radius 3 is 3.00 bits per heavy atom. The lowest BCUT2D eigenvalue weighted by molar-refractivity contribution is 0.296. The van der Waals surface area contributed by atoms with E-state index in [1.165, 1.54) is 6.20 Å². The first-order valence-electron chi connectivity index (χ1n) is 7.07. The first kappa shape index (κ1) is 15.2. The summed E-state index contributed by atoms with van der Waals surface area (Å²) in [4.78, 5) is 0. The Hall–Kier alpha value is -3.67. The van der Waals surface area contributed by atoms with E-state index in [0.29, 0.717) is 12.4 Å². The van der Waals surface area contributed by atoms with Crippen LogP contribution in [0.4, 0.5) is 5.69 Å². The molecule has 24 heavy (non-hydrogen) atoms. The molecule has 1 aromatic carbocycles. The van der Waals surface area contributed by atoms with Crippen molar-refractivity contribution in [3.8, 4) is 11.8 Å². The molecule has 2 aromatic heterocycles. The van der Waals surface area contributed by atoms with Gasteiger partial charge in [-0.2, -0.15) is 15.6 Å². The quantitative estimate of drug-likeness (QED) is 0.660. The monoisotopic (exact) mass is 322 g/mol. The Labute approximate surface area is 137 Å². The molecular formula is C15H14N8O. The number of hydrogen-bond acceptors (Lipinski definition) is 7. The zero-order chi connectivity index (χ0) is 16.8. The molecule has 0 saturated heterocycles. The molecule has 2 heterocycles. The Bertz CT molecular complexity index is 875. The molecule has 0 spiro atoms. The molecule has 9 nitrogen and oxygen atoms in total.